The molecule has 0 nitrogen and oxygen atoms in total. The van der Waals surface area contributed by atoms with Crippen LogP contribution in [0.5, 0.6) is 0 Å². The SMILES string of the molecule is CC1=Cc2c(C)cccc2[CH]1[Hf].Cl.Cl. The van der Waals surface area contributed by atoms with Crippen LogP contribution in [0, 0.1) is 6.92 Å². The summed E-state index contributed by atoms with van der Waals surface area (Å²) in [4.78, 5) is 0. The molecule has 2 rings (SSSR count). The summed E-state index contributed by atoms with van der Waals surface area (Å²) in [6, 6.07) is 6.64. The van der Waals surface area contributed by atoms with Gasteiger partial charge in [-0.25, -0.2) is 0 Å². The van der Waals surface area contributed by atoms with Gasteiger partial charge in [0.05, 0.1) is 0 Å². The Morgan fingerprint density at radius 2 is 1.79 bits per heavy atom. The first-order chi connectivity index (χ1) is 5.70. The average Bonchev–Trinajstić information content (AvgIpc) is 2.32. The van der Waals surface area contributed by atoms with Crippen LogP contribution >= 0.6 is 24.8 Å². The maximum absolute atomic E-state index is 2.35. The quantitative estimate of drug-likeness (QED) is 0.587. The molecule has 0 bridgehead atoms. The standard InChI is InChI=1S/C11H11.2ClH.Hf/c1-8-6-10-5-3-4-9(2)11(10)7-8;;;/h3-7H,1-2H3;2*1H;. The monoisotopic (exact) mass is 395 g/mol. The molecule has 1 unspecified atom stereocenters. The number of fused-ring (bicyclic) bond motifs is 1. The minimum atomic E-state index is 0. The van der Waals surface area contributed by atoms with Gasteiger partial charge in [-0.05, 0) is 0 Å². The molecule has 0 heterocycles. The Bertz CT molecular complexity index is 358. The molecule has 0 aliphatic heterocycles. The molecule has 0 amide bonds. The Morgan fingerprint density at radius 1 is 1.14 bits per heavy atom. The van der Waals surface area contributed by atoms with E-state index in [1.165, 1.54) is 35.5 Å². The summed E-state index contributed by atoms with van der Waals surface area (Å²) in [5, 5.41) is 0. The van der Waals surface area contributed by atoms with Gasteiger partial charge in [0.25, 0.3) is 0 Å². The molecule has 75 valence electrons. The van der Waals surface area contributed by atoms with Crippen LogP contribution in [0.1, 0.15) is 27.3 Å². The molecule has 0 N–H and O–H groups in total. The molecule has 1 aliphatic rings. The molecular weight excluding hydrogens is 382 g/mol. The smallest absolute Gasteiger partial charge is 0.147 e. The second-order valence-corrected chi connectivity index (χ2v) is 5.47. The number of aryl methyl sites for hydroxylation is 1. The molecule has 0 saturated carbocycles. The maximum Gasteiger partial charge on any atom is -0.147 e. The molecule has 0 saturated heterocycles. The molecule has 0 fully saturated rings. The topological polar surface area (TPSA) is 0 Å². The van der Waals surface area contributed by atoms with Crippen molar-refractivity contribution in [1.82, 2.24) is 0 Å². The molecule has 1 aromatic carbocycles. The van der Waals surface area contributed by atoms with Gasteiger partial charge in [0.2, 0.25) is 0 Å². The van der Waals surface area contributed by atoms with Crippen LogP contribution < -0.4 is 0 Å². The van der Waals surface area contributed by atoms with Crippen LogP contribution in [0.2, 0.25) is 0 Å². The van der Waals surface area contributed by atoms with Gasteiger partial charge in [-0.2, -0.15) is 0 Å². The Labute approximate surface area is 113 Å². The summed E-state index contributed by atoms with van der Waals surface area (Å²) in [5.74, 6) is 0. The van der Waals surface area contributed by atoms with Crippen molar-refractivity contribution in [2.45, 2.75) is 17.5 Å². The predicted octanol–water partition coefficient (Wildman–Crippen LogP) is 3.84. The number of rotatable bonds is 0. The number of hydrogen-bond donors (Lipinski definition) is 0. The zero-order chi connectivity index (χ0) is 8.72. The van der Waals surface area contributed by atoms with Gasteiger partial charge in [0.1, 0.15) is 0 Å². The summed E-state index contributed by atoms with van der Waals surface area (Å²) < 4.78 is 0.764. The fraction of sp³-hybridized carbons (Fsp3) is 0.273. The van der Waals surface area contributed by atoms with Crippen molar-refractivity contribution in [2.75, 3.05) is 0 Å². The molecule has 0 aromatic heterocycles. The van der Waals surface area contributed by atoms with Gasteiger partial charge in [-0.3, -0.25) is 0 Å². The van der Waals surface area contributed by atoms with Gasteiger partial charge in [0, 0.05) is 0 Å². The summed E-state index contributed by atoms with van der Waals surface area (Å²) in [6.07, 6.45) is 2.35. The van der Waals surface area contributed by atoms with E-state index in [-0.39, 0.29) is 24.8 Å². The third kappa shape index (κ3) is 2.32. The van der Waals surface area contributed by atoms with Gasteiger partial charge >= 0.3 is 88.4 Å². The molecule has 0 spiro atoms. The van der Waals surface area contributed by atoms with Crippen molar-refractivity contribution in [3.8, 4) is 0 Å². The van der Waals surface area contributed by atoms with Crippen molar-refractivity contribution in [2.24, 2.45) is 0 Å². The average molecular weight is 395 g/mol. The number of allylic oxidation sites excluding steroid dienone is 1. The Balaban J connectivity index is 0.000000845. The van der Waals surface area contributed by atoms with E-state index in [2.05, 4.69) is 38.1 Å². The zero-order valence-electron chi connectivity index (χ0n) is 8.20. The van der Waals surface area contributed by atoms with Crippen LogP contribution in [0.4, 0.5) is 0 Å². The third-order valence-corrected chi connectivity index (χ3v) is 5.25. The van der Waals surface area contributed by atoms with E-state index in [1.807, 2.05) is 0 Å². The molecule has 0 radical (unpaired) electrons. The maximum atomic E-state index is 2.35. The normalized spacial score (nSPS) is 17.5. The van der Waals surface area contributed by atoms with Crippen LogP contribution in [0.25, 0.3) is 6.08 Å². The fourth-order valence-corrected chi connectivity index (χ4v) is 2.91. The van der Waals surface area contributed by atoms with Gasteiger partial charge < -0.3 is 0 Å². The Hall–Kier alpha value is 0.410. The van der Waals surface area contributed by atoms with Crippen molar-refractivity contribution in [1.29, 1.82) is 0 Å². The van der Waals surface area contributed by atoms with E-state index in [0.29, 0.717) is 0 Å². The Morgan fingerprint density at radius 3 is 2.36 bits per heavy atom. The van der Waals surface area contributed by atoms with Gasteiger partial charge in [0.15, 0.2) is 0 Å². The minimum absolute atomic E-state index is 0. The van der Waals surface area contributed by atoms with E-state index in [4.69, 9.17) is 0 Å². The molecular formula is C11H13Cl2Hf. The van der Waals surface area contributed by atoms with Gasteiger partial charge in [-0.1, -0.05) is 0 Å². The first kappa shape index (κ1) is 14.4. The van der Waals surface area contributed by atoms with E-state index in [0.717, 1.165) is 3.67 Å². The number of benzene rings is 1. The van der Waals surface area contributed by atoms with Crippen molar-refractivity contribution < 1.29 is 24.4 Å². The molecule has 1 aliphatic carbocycles. The van der Waals surface area contributed by atoms with Crippen LogP contribution in [0.3, 0.4) is 0 Å². The number of halogens is 2. The van der Waals surface area contributed by atoms with E-state index in [9.17, 15) is 0 Å². The van der Waals surface area contributed by atoms with Crippen LogP contribution in [-0.4, -0.2) is 0 Å². The molecule has 1 atom stereocenters. The van der Waals surface area contributed by atoms with Crippen molar-refractivity contribution in [3.63, 3.8) is 0 Å². The fourth-order valence-electron chi connectivity index (χ4n) is 1.71. The largest absolute Gasteiger partial charge is 0.147 e. The molecule has 1 aromatic rings. The Kier molecular flexibility index (Phi) is 5.64. The van der Waals surface area contributed by atoms with Crippen molar-refractivity contribution >= 4 is 30.9 Å². The second kappa shape index (κ2) is 5.48. The first-order valence-corrected chi connectivity index (χ1v) is 6.26. The summed E-state index contributed by atoms with van der Waals surface area (Å²) in [5.41, 5.74) is 6.00. The van der Waals surface area contributed by atoms with Gasteiger partial charge in [-0.15, -0.1) is 24.8 Å². The summed E-state index contributed by atoms with van der Waals surface area (Å²) in [6.45, 7) is 4.44. The van der Waals surface area contributed by atoms with E-state index >= 15 is 0 Å². The molecule has 14 heavy (non-hydrogen) atoms. The van der Waals surface area contributed by atoms with Crippen LogP contribution in [-0.2, 0) is 24.4 Å². The minimum Gasteiger partial charge on any atom is -0.147 e. The van der Waals surface area contributed by atoms with Crippen molar-refractivity contribution in [3.05, 3.63) is 40.5 Å². The third-order valence-electron chi connectivity index (χ3n) is 2.50. The second-order valence-electron chi connectivity index (χ2n) is 3.40. The predicted molar refractivity (Wildman–Crippen MR) is 62.1 cm³/mol. The van der Waals surface area contributed by atoms with E-state index in [1.54, 1.807) is 11.1 Å². The van der Waals surface area contributed by atoms with Crippen LogP contribution in [0.15, 0.2) is 23.8 Å². The molecule has 3 heteroatoms. The first-order valence-electron chi connectivity index (χ1n) is 4.19. The van der Waals surface area contributed by atoms with E-state index < -0.39 is 0 Å². The number of hydrogen-bond acceptors (Lipinski definition) is 0. The summed E-state index contributed by atoms with van der Waals surface area (Å²) in [7, 11) is 0. The zero-order valence-corrected chi connectivity index (χ0v) is 13.4. The summed E-state index contributed by atoms with van der Waals surface area (Å²) >= 11 is 1.24.